The summed E-state index contributed by atoms with van der Waals surface area (Å²) in [4.78, 5) is 11.3. The van der Waals surface area contributed by atoms with E-state index < -0.39 is 16.3 Å². The molecule has 0 unspecified atom stereocenters. The smallest absolute Gasteiger partial charge is 0.422 e. The summed E-state index contributed by atoms with van der Waals surface area (Å²) in [6, 6.07) is 6.22. The van der Waals surface area contributed by atoms with Crippen LogP contribution in [0.2, 0.25) is 0 Å². The number of carbonyl (C=O) groups is 1. The largest absolute Gasteiger partial charge is 0.484 e. The third-order valence-electron chi connectivity index (χ3n) is 1.99. The summed E-state index contributed by atoms with van der Waals surface area (Å²) < 4.78 is 37.1. The Labute approximate surface area is 127 Å². The zero-order valence-corrected chi connectivity index (χ0v) is 12.8. The molecule has 0 saturated carbocycles. The Morgan fingerprint density at radius 3 is 2.67 bits per heavy atom. The number of thiocarbonyl (C=S) groups is 1. The first-order valence-corrected chi connectivity index (χ1v) is 7.70. The van der Waals surface area contributed by atoms with Crippen molar-refractivity contribution in [2.24, 2.45) is 5.73 Å². The minimum atomic E-state index is -4.14. The number of hydrogen-bond donors (Lipinski definition) is 3. The summed E-state index contributed by atoms with van der Waals surface area (Å²) in [5, 5.41) is 0. The van der Waals surface area contributed by atoms with Crippen LogP contribution in [-0.2, 0) is 14.9 Å². The summed E-state index contributed by atoms with van der Waals surface area (Å²) >= 11 is 4.67. The van der Waals surface area contributed by atoms with Crippen LogP contribution in [0.3, 0.4) is 0 Å². The van der Waals surface area contributed by atoms with Gasteiger partial charge in [0.15, 0.2) is 0 Å². The van der Waals surface area contributed by atoms with E-state index in [1.165, 1.54) is 12.1 Å². The van der Waals surface area contributed by atoms with Crippen molar-refractivity contribution < 1.29 is 22.7 Å². The van der Waals surface area contributed by atoms with Crippen LogP contribution in [0.15, 0.2) is 24.3 Å². The highest BCUT2D eigenvalue weighted by Crippen LogP contribution is 2.24. The van der Waals surface area contributed by atoms with Crippen molar-refractivity contribution in [1.29, 1.82) is 0 Å². The van der Waals surface area contributed by atoms with Gasteiger partial charge in [-0.05, 0) is 19.1 Å². The van der Waals surface area contributed by atoms with Crippen LogP contribution >= 0.6 is 12.2 Å². The van der Waals surface area contributed by atoms with E-state index >= 15 is 0 Å². The van der Waals surface area contributed by atoms with E-state index in [-0.39, 0.29) is 29.6 Å². The van der Waals surface area contributed by atoms with Crippen LogP contribution in [-0.4, -0.2) is 32.7 Å². The minimum absolute atomic E-state index is 0.0423. The molecular weight excluding hydrogens is 318 g/mol. The average molecular weight is 333 g/mol. The number of ether oxygens (including phenoxy) is 2. The van der Waals surface area contributed by atoms with Crippen LogP contribution in [0.5, 0.6) is 5.75 Å². The predicted octanol–water partition coefficient (Wildman–Crippen LogP) is 0.754. The first-order valence-electron chi connectivity index (χ1n) is 5.81. The van der Waals surface area contributed by atoms with E-state index in [1.807, 2.05) is 0 Å². The van der Waals surface area contributed by atoms with Gasteiger partial charge in [-0.25, -0.2) is 9.52 Å². The topological polar surface area (TPSA) is 120 Å². The van der Waals surface area contributed by atoms with Crippen molar-refractivity contribution in [3.63, 3.8) is 0 Å². The maximum Gasteiger partial charge on any atom is 0.422 e. The van der Waals surface area contributed by atoms with Gasteiger partial charge in [0, 0.05) is 0 Å². The molecule has 0 aliphatic carbocycles. The Bertz CT molecular complexity index is 618. The monoisotopic (exact) mass is 333 g/mol. The van der Waals surface area contributed by atoms with Gasteiger partial charge in [0.2, 0.25) is 0 Å². The summed E-state index contributed by atoms with van der Waals surface area (Å²) in [5.74, 6) is 0.222. The summed E-state index contributed by atoms with van der Waals surface area (Å²) in [7, 11) is -4.14. The van der Waals surface area contributed by atoms with E-state index in [2.05, 4.69) is 21.7 Å². The standard InChI is InChI=1S/C11H15N3O5S2/c1-2-18-11(15)14-21(16,17)13-8-5-3-4-6-9(8)19-7-10(12)20/h3-6,13H,2,7H2,1H3,(H2,12,20)(H,14,15). The van der Waals surface area contributed by atoms with E-state index in [9.17, 15) is 13.2 Å². The lowest BCUT2D eigenvalue weighted by Crippen LogP contribution is -2.35. The number of para-hydroxylation sites is 2. The van der Waals surface area contributed by atoms with Crippen molar-refractivity contribution in [3.8, 4) is 5.75 Å². The van der Waals surface area contributed by atoms with Crippen molar-refractivity contribution in [2.45, 2.75) is 6.92 Å². The highest BCUT2D eigenvalue weighted by molar-refractivity contribution is 7.91. The molecule has 0 aromatic heterocycles. The molecule has 0 heterocycles. The van der Waals surface area contributed by atoms with Gasteiger partial charge < -0.3 is 15.2 Å². The Morgan fingerprint density at radius 1 is 1.38 bits per heavy atom. The number of rotatable bonds is 7. The molecule has 0 spiro atoms. The quantitative estimate of drug-likeness (QED) is 0.630. The molecule has 0 saturated heterocycles. The summed E-state index contributed by atoms with van der Waals surface area (Å²) in [6.45, 7) is 1.56. The van der Waals surface area contributed by atoms with Gasteiger partial charge in [-0.2, -0.15) is 8.42 Å². The molecule has 1 rings (SSSR count). The maximum absolute atomic E-state index is 11.7. The molecule has 0 radical (unpaired) electrons. The molecular formula is C11H15N3O5S2. The second-order valence-electron chi connectivity index (χ2n) is 3.68. The SMILES string of the molecule is CCOC(=O)NS(=O)(=O)Nc1ccccc1OCC(N)=S. The Morgan fingerprint density at radius 2 is 2.05 bits per heavy atom. The number of amides is 1. The molecule has 21 heavy (non-hydrogen) atoms. The lowest BCUT2D eigenvalue weighted by molar-refractivity contribution is 0.159. The highest BCUT2D eigenvalue weighted by Gasteiger charge is 2.17. The molecule has 1 aromatic rings. The average Bonchev–Trinajstić information content (AvgIpc) is 2.36. The van der Waals surface area contributed by atoms with Crippen LogP contribution in [0.1, 0.15) is 6.92 Å². The van der Waals surface area contributed by atoms with Gasteiger partial charge in [0.05, 0.1) is 12.3 Å². The number of nitrogens with two attached hydrogens (primary N) is 1. The third kappa shape index (κ3) is 6.27. The second kappa shape index (κ2) is 7.64. The normalized spacial score (nSPS) is 10.5. The summed E-state index contributed by atoms with van der Waals surface area (Å²) in [5.41, 5.74) is 5.44. The van der Waals surface area contributed by atoms with Crippen molar-refractivity contribution in [3.05, 3.63) is 24.3 Å². The van der Waals surface area contributed by atoms with Crippen LogP contribution in [0.25, 0.3) is 0 Å². The second-order valence-corrected chi connectivity index (χ2v) is 5.62. The maximum atomic E-state index is 11.7. The number of benzene rings is 1. The third-order valence-corrected chi connectivity index (χ3v) is 3.04. The molecule has 0 aliphatic heterocycles. The van der Waals surface area contributed by atoms with E-state index in [1.54, 1.807) is 23.8 Å². The Balaban J connectivity index is 2.81. The van der Waals surface area contributed by atoms with Crippen molar-refractivity contribution in [2.75, 3.05) is 17.9 Å². The molecule has 0 aliphatic rings. The lowest BCUT2D eigenvalue weighted by Gasteiger charge is -2.13. The van der Waals surface area contributed by atoms with E-state index in [0.717, 1.165) is 0 Å². The number of carbonyl (C=O) groups excluding carboxylic acids is 1. The number of anilines is 1. The van der Waals surface area contributed by atoms with Gasteiger partial charge in [0.25, 0.3) is 0 Å². The minimum Gasteiger partial charge on any atom is -0.484 e. The van der Waals surface area contributed by atoms with Gasteiger partial charge in [-0.15, -0.1) is 0 Å². The molecule has 0 bridgehead atoms. The van der Waals surface area contributed by atoms with Gasteiger partial charge in [-0.3, -0.25) is 4.72 Å². The molecule has 0 fully saturated rings. The Hall–Kier alpha value is -2.07. The Kier molecular flexibility index (Phi) is 6.18. The lowest BCUT2D eigenvalue weighted by atomic mass is 10.3. The van der Waals surface area contributed by atoms with Crippen molar-refractivity contribution in [1.82, 2.24) is 4.72 Å². The molecule has 1 aromatic carbocycles. The fourth-order valence-corrected chi connectivity index (χ4v) is 2.11. The molecule has 8 nitrogen and oxygen atoms in total. The fourth-order valence-electron chi connectivity index (χ4n) is 1.27. The zero-order valence-electron chi connectivity index (χ0n) is 11.2. The van der Waals surface area contributed by atoms with Gasteiger partial charge in [0.1, 0.15) is 17.3 Å². The first kappa shape index (κ1) is 17.0. The molecule has 10 heteroatoms. The van der Waals surface area contributed by atoms with Gasteiger partial charge in [-0.1, -0.05) is 24.4 Å². The van der Waals surface area contributed by atoms with E-state index in [0.29, 0.717) is 0 Å². The highest BCUT2D eigenvalue weighted by atomic mass is 32.2. The number of hydrogen-bond acceptors (Lipinski definition) is 6. The van der Waals surface area contributed by atoms with Crippen LogP contribution in [0.4, 0.5) is 10.5 Å². The van der Waals surface area contributed by atoms with Crippen LogP contribution in [0, 0.1) is 0 Å². The van der Waals surface area contributed by atoms with Gasteiger partial charge >= 0.3 is 16.3 Å². The van der Waals surface area contributed by atoms with E-state index in [4.69, 9.17) is 10.5 Å². The van der Waals surface area contributed by atoms with Crippen LogP contribution < -0.4 is 19.9 Å². The summed E-state index contributed by atoms with van der Waals surface area (Å²) in [6.07, 6.45) is -1.08. The first-order chi connectivity index (χ1) is 9.84. The number of nitrogens with one attached hydrogen (secondary N) is 2. The molecule has 0 atom stereocenters. The predicted molar refractivity (Wildman–Crippen MR) is 81.4 cm³/mol. The molecule has 4 N–H and O–H groups in total. The molecule has 1 amide bonds. The molecule has 116 valence electrons. The zero-order chi connectivity index (χ0) is 15.9. The fraction of sp³-hybridized carbons (Fsp3) is 0.273. The van der Waals surface area contributed by atoms with Crippen molar-refractivity contribution >= 4 is 39.2 Å².